The molecule has 1 aliphatic carbocycles. The van der Waals surface area contributed by atoms with Crippen LogP contribution in [0.1, 0.15) is 18.6 Å². The molecule has 19 heavy (non-hydrogen) atoms. The molecule has 0 spiro atoms. The Hall–Kier alpha value is -2.27. The van der Waals surface area contributed by atoms with Gasteiger partial charge >= 0.3 is 0 Å². The van der Waals surface area contributed by atoms with Gasteiger partial charge in [0.15, 0.2) is 5.82 Å². The van der Waals surface area contributed by atoms with E-state index in [2.05, 4.69) is 16.7 Å². The maximum Gasteiger partial charge on any atom is 0.258 e. The molecular weight excluding hydrogens is 244 g/mol. The summed E-state index contributed by atoms with van der Waals surface area (Å²) in [6.07, 6.45) is 9.92. The molecule has 0 saturated carbocycles. The van der Waals surface area contributed by atoms with Gasteiger partial charge in [0.25, 0.3) is 5.89 Å². The van der Waals surface area contributed by atoms with Gasteiger partial charge in [-0.15, -0.1) is 0 Å². The Balaban J connectivity index is 2.35. The number of allylic oxidation sites excluding steroid dienone is 4. The zero-order valence-electron chi connectivity index (χ0n) is 10.5. The number of nitrogens with zero attached hydrogens (tertiary/aromatic N) is 2. The summed E-state index contributed by atoms with van der Waals surface area (Å²) in [6, 6.07) is 0. The van der Waals surface area contributed by atoms with Crippen molar-refractivity contribution in [1.82, 2.24) is 10.1 Å². The smallest absolute Gasteiger partial charge is 0.258 e. The number of aromatic nitrogens is 2. The standard InChI is InChI=1S/C14H14N2O3/c1-3-12-15-13(19-16-12)11-5-4-7-14(9-17,8-6-11)10(2)18/h3-8,17H,1,9H2,2H3. The Morgan fingerprint density at radius 1 is 1.58 bits per heavy atom. The molecule has 5 nitrogen and oxygen atoms in total. The lowest BCUT2D eigenvalue weighted by Gasteiger charge is -2.20. The van der Waals surface area contributed by atoms with Crippen molar-refractivity contribution in [3.8, 4) is 0 Å². The summed E-state index contributed by atoms with van der Waals surface area (Å²) in [5.41, 5.74) is -0.312. The van der Waals surface area contributed by atoms with Gasteiger partial charge in [0, 0.05) is 5.57 Å². The minimum atomic E-state index is -0.987. The average Bonchev–Trinajstić information content (AvgIpc) is 2.77. The molecule has 0 bridgehead atoms. The molecule has 1 N–H and O–H groups in total. The van der Waals surface area contributed by atoms with E-state index in [1.54, 1.807) is 30.4 Å². The van der Waals surface area contributed by atoms with Crippen LogP contribution in [-0.2, 0) is 4.79 Å². The van der Waals surface area contributed by atoms with E-state index in [4.69, 9.17) is 4.52 Å². The van der Waals surface area contributed by atoms with Crippen LogP contribution in [0.3, 0.4) is 0 Å². The predicted molar refractivity (Wildman–Crippen MR) is 70.8 cm³/mol. The molecule has 5 heteroatoms. The summed E-state index contributed by atoms with van der Waals surface area (Å²) in [4.78, 5) is 15.8. The van der Waals surface area contributed by atoms with Crippen molar-refractivity contribution in [1.29, 1.82) is 0 Å². The van der Waals surface area contributed by atoms with E-state index in [1.165, 1.54) is 13.0 Å². The topological polar surface area (TPSA) is 76.2 Å². The van der Waals surface area contributed by atoms with Crippen molar-refractivity contribution >= 4 is 17.4 Å². The lowest BCUT2D eigenvalue weighted by molar-refractivity contribution is -0.123. The third-order valence-electron chi connectivity index (χ3n) is 3.02. The molecule has 98 valence electrons. The number of Topliss-reactive ketones (excluding diaryl/α,β-unsaturated/α-hetero) is 1. The van der Waals surface area contributed by atoms with Crippen molar-refractivity contribution in [3.63, 3.8) is 0 Å². The van der Waals surface area contributed by atoms with E-state index >= 15 is 0 Å². The van der Waals surface area contributed by atoms with Gasteiger partial charge in [0.05, 0.1) is 12.0 Å². The highest BCUT2D eigenvalue weighted by atomic mass is 16.5. The molecule has 1 aromatic rings. The van der Waals surface area contributed by atoms with Gasteiger partial charge in [-0.05, 0) is 19.1 Å². The minimum absolute atomic E-state index is 0.130. The van der Waals surface area contributed by atoms with Gasteiger partial charge in [-0.2, -0.15) is 4.98 Å². The molecule has 1 aliphatic rings. The lowest BCUT2D eigenvalue weighted by atomic mass is 9.84. The van der Waals surface area contributed by atoms with E-state index in [0.717, 1.165) is 0 Å². The summed E-state index contributed by atoms with van der Waals surface area (Å²) in [7, 11) is 0. The van der Waals surface area contributed by atoms with Gasteiger partial charge in [0.1, 0.15) is 5.78 Å². The maximum atomic E-state index is 11.6. The van der Waals surface area contributed by atoms with Crippen LogP contribution < -0.4 is 0 Å². The maximum absolute atomic E-state index is 11.6. The van der Waals surface area contributed by atoms with E-state index in [0.29, 0.717) is 17.3 Å². The molecule has 0 amide bonds. The monoisotopic (exact) mass is 258 g/mol. The number of aliphatic hydroxyl groups excluding tert-OH is 1. The molecule has 0 aliphatic heterocycles. The van der Waals surface area contributed by atoms with Gasteiger partial charge in [-0.3, -0.25) is 4.79 Å². The van der Waals surface area contributed by atoms with Crippen LogP contribution in [0.15, 0.2) is 41.5 Å². The molecule has 0 radical (unpaired) electrons. The van der Waals surface area contributed by atoms with Crippen molar-refractivity contribution in [2.45, 2.75) is 6.92 Å². The molecule has 1 aromatic heterocycles. The fraction of sp³-hybridized carbons (Fsp3) is 0.214. The molecular formula is C14H14N2O3. The van der Waals surface area contributed by atoms with Crippen LogP contribution in [0.5, 0.6) is 0 Å². The zero-order chi connectivity index (χ0) is 13.9. The Labute approximate surface area is 110 Å². The number of hydrogen-bond donors (Lipinski definition) is 1. The summed E-state index contributed by atoms with van der Waals surface area (Å²) >= 11 is 0. The fourth-order valence-corrected chi connectivity index (χ4v) is 1.70. The molecule has 0 fully saturated rings. The fourth-order valence-electron chi connectivity index (χ4n) is 1.70. The Bertz CT molecular complexity index is 596. The van der Waals surface area contributed by atoms with Gasteiger partial charge in [0.2, 0.25) is 0 Å². The Morgan fingerprint density at radius 3 is 2.95 bits per heavy atom. The van der Waals surface area contributed by atoms with Crippen molar-refractivity contribution < 1.29 is 14.4 Å². The van der Waals surface area contributed by atoms with Crippen LogP contribution >= 0.6 is 0 Å². The normalized spacial score (nSPS) is 21.9. The van der Waals surface area contributed by atoms with Gasteiger partial charge < -0.3 is 9.63 Å². The number of carbonyl (C=O) groups excluding carboxylic acids is 1. The quantitative estimate of drug-likeness (QED) is 0.891. The number of rotatable bonds is 4. The van der Waals surface area contributed by atoms with E-state index in [-0.39, 0.29) is 12.4 Å². The van der Waals surface area contributed by atoms with Gasteiger partial charge in [-0.1, -0.05) is 36.0 Å². The number of ketones is 1. The summed E-state index contributed by atoms with van der Waals surface area (Å²) in [6.45, 7) is 4.72. The predicted octanol–water partition coefficient (Wildman–Crippen LogP) is 1.79. The second kappa shape index (κ2) is 5.16. The Morgan fingerprint density at radius 2 is 2.37 bits per heavy atom. The molecule has 0 aromatic carbocycles. The lowest BCUT2D eigenvalue weighted by Crippen LogP contribution is -2.28. The average molecular weight is 258 g/mol. The minimum Gasteiger partial charge on any atom is -0.395 e. The third-order valence-corrected chi connectivity index (χ3v) is 3.02. The largest absolute Gasteiger partial charge is 0.395 e. The number of aliphatic hydroxyl groups is 1. The summed E-state index contributed by atoms with van der Waals surface area (Å²) < 4.78 is 5.08. The molecule has 1 unspecified atom stereocenters. The van der Waals surface area contributed by atoms with Crippen molar-refractivity contribution in [2.75, 3.05) is 6.61 Å². The second-order valence-corrected chi connectivity index (χ2v) is 4.23. The number of carbonyl (C=O) groups is 1. The van der Waals surface area contributed by atoms with E-state index < -0.39 is 5.41 Å². The third kappa shape index (κ3) is 2.46. The second-order valence-electron chi connectivity index (χ2n) is 4.23. The van der Waals surface area contributed by atoms with Crippen LogP contribution in [0.25, 0.3) is 11.6 Å². The molecule has 2 rings (SSSR count). The summed E-state index contributed by atoms with van der Waals surface area (Å²) in [5, 5.41) is 13.1. The first kappa shape index (κ1) is 13.2. The van der Waals surface area contributed by atoms with Crippen LogP contribution in [0, 0.1) is 5.41 Å². The SMILES string of the molecule is C=Cc1noc(C2=CC=CC(CO)(C(C)=O)C=C2)n1. The van der Waals surface area contributed by atoms with Crippen LogP contribution in [0.4, 0.5) is 0 Å². The zero-order valence-corrected chi connectivity index (χ0v) is 10.5. The van der Waals surface area contributed by atoms with Crippen LogP contribution in [-0.4, -0.2) is 27.6 Å². The van der Waals surface area contributed by atoms with E-state index in [9.17, 15) is 9.90 Å². The first-order valence-corrected chi connectivity index (χ1v) is 5.78. The first-order valence-electron chi connectivity index (χ1n) is 5.78. The van der Waals surface area contributed by atoms with Crippen molar-refractivity contribution in [3.05, 3.63) is 48.7 Å². The van der Waals surface area contributed by atoms with Gasteiger partial charge in [-0.25, -0.2) is 0 Å². The highest BCUT2D eigenvalue weighted by Gasteiger charge is 2.29. The highest BCUT2D eigenvalue weighted by Crippen LogP contribution is 2.28. The first-order chi connectivity index (χ1) is 9.11. The number of hydrogen-bond acceptors (Lipinski definition) is 5. The molecule has 1 atom stereocenters. The Kier molecular flexibility index (Phi) is 3.57. The van der Waals surface area contributed by atoms with E-state index in [1.807, 2.05) is 0 Å². The van der Waals surface area contributed by atoms with Crippen LogP contribution in [0.2, 0.25) is 0 Å². The molecule has 0 saturated heterocycles. The highest BCUT2D eigenvalue weighted by molar-refractivity contribution is 5.88. The molecule has 1 heterocycles. The summed E-state index contributed by atoms with van der Waals surface area (Å²) in [5.74, 6) is 0.611. The van der Waals surface area contributed by atoms with Crippen molar-refractivity contribution in [2.24, 2.45) is 5.41 Å².